The second kappa shape index (κ2) is 5.05. The summed E-state index contributed by atoms with van der Waals surface area (Å²) in [5, 5.41) is 0. The second-order valence-electron chi connectivity index (χ2n) is 0.201. The molecule has 0 spiro atoms. The van der Waals surface area contributed by atoms with Gasteiger partial charge in [0.15, 0.2) is 0 Å². The van der Waals surface area contributed by atoms with E-state index in [2.05, 4.69) is 0 Å². The molecule has 0 aromatic heterocycles. The minimum atomic E-state index is -2.60. The summed E-state index contributed by atoms with van der Waals surface area (Å²) in [5.74, 6) is 0. The fourth-order valence-electron chi connectivity index (χ4n) is 0. The Morgan fingerprint density at radius 3 is 1.40 bits per heavy atom. The number of halogens is 1. The van der Waals surface area contributed by atoms with Crippen molar-refractivity contribution in [3.63, 3.8) is 0 Å². The molecule has 0 saturated heterocycles. The van der Waals surface area contributed by atoms with E-state index in [1.807, 2.05) is 0 Å². The van der Waals surface area contributed by atoms with E-state index in [-0.39, 0.29) is 26.2 Å². The zero-order valence-corrected chi connectivity index (χ0v) is 6.32. The number of hydrogen-bond donors (Lipinski definition) is 1. The number of hydrogen-bond acceptors (Lipinski definition) is 3. The summed E-state index contributed by atoms with van der Waals surface area (Å²) in [4.78, 5) is 0. The van der Waals surface area contributed by atoms with Crippen LogP contribution in [0, 0.1) is 10.8 Å². The van der Waals surface area contributed by atoms with Gasteiger partial charge in [0.25, 0.3) is 10.8 Å². The molecule has 0 atom stereocenters. The average Bonchev–Trinajstić information content (AvgIpc) is 0.811. The molecule has 0 amide bonds. The monoisotopic (exact) mass is 293 g/mol. The van der Waals surface area contributed by atoms with Gasteiger partial charge in [-0.1, -0.05) is 0 Å². The van der Waals surface area contributed by atoms with Crippen LogP contribution in [0.1, 0.15) is 0 Å². The molecule has 31 valence electrons. The first-order valence-electron chi connectivity index (χ1n) is 0.478. The molecule has 5 heavy (non-hydrogen) atoms. The molecular formula is HBiClO3. The van der Waals surface area contributed by atoms with Crippen molar-refractivity contribution < 1.29 is 24.8 Å². The summed E-state index contributed by atoms with van der Waals surface area (Å²) in [6.07, 6.45) is 0. The summed E-state index contributed by atoms with van der Waals surface area (Å²) in [5.41, 5.74) is 0. The van der Waals surface area contributed by atoms with Gasteiger partial charge in [0.2, 0.25) is 0 Å². The van der Waals surface area contributed by atoms with Crippen LogP contribution in [0.25, 0.3) is 0 Å². The summed E-state index contributed by atoms with van der Waals surface area (Å²) >= 11 is 0. The van der Waals surface area contributed by atoms with Crippen LogP contribution in [-0.2, 0) is 0 Å². The van der Waals surface area contributed by atoms with Crippen molar-refractivity contribution >= 4 is 26.2 Å². The fourth-order valence-corrected chi connectivity index (χ4v) is 0. The van der Waals surface area contributed by atoms with E-state index in [4.69, 9.17) is 14.0 Å². The van der Waals surface area contributed by atoms with Crippen LogP contribution in [0.3, 0.4) is 0 Å². The van der Waals surface area contributed by atoms with E-state index in [0.29, 0.717) is 0 Å². The molecule has 0 aromatic rings. The van der Waals surface area contributed by atoms with Gasteiger partial charge in [0.1, 0.15) is 0 Å². The zero-order valence-electron chi connectivity index (χ0n) is 2.09. The van der Waals surface area contributed by atoms with Crippen LogP contribution in [0.5, 0.6) is 0 Å². The molecule has 0 bridgehead atoms. The molecule has 0 fully saturated rings. The third-order valence-electron chi connectivity index (χ3n) is 0. The Balaban J connectivity index is 0. The van der Waals surface area contributed by atoms with E-state index in [9.17, 15) is 0 Å². The van der Waals surface area contributed by atoms with Crippen molar-refractivity contribution in [1.29, 1.82) is 0 Å². The smallest absolute Gasteiger partial charge is 0.282 e. The van der Waals surface area contributed by atoms with Gasteiger partial charge in [-0.2, -0.15) is 0 Å². The normalized spacial score (nSPS) is 7.20. The van der Waals surface area contributed by atoms with Crippen LogP contribution in [0.2, 0.25) is 0 Å². The first-order valence-corrected chi connectivity index (χ1v) is 1.43. The maximum absolute atomic E-state index is 8.52. The van der Waals surface area contributed by atoms with Gasteiger partial charge in [0.05, 0.1) is 0 Å². The molecule has 0 unspecified atom stereocenters. The SMILES string of the molecule is [Bi].[O-][Cl+2]([O-])O. The Labute approximate surface area is 51.1 Å². The Morgan fingerprint density at radius 2 is 1.40 bits per heavy atom. The zero-order chi connectivity index (χ0) is 3.58. The molecule has 0 heterocycles. The minimum Gasteiger partial charge on any atom is -0.321 e. The Hall–Kier alpha value is 1.05. The van der Waals surface area contributed by atoms with Gasteiger partial charge in [0, 0.05) is 30.9 Å². The quantitative estimate of drug-likeness (QED) is 0.476. The third-order valence-corrected chi connectivity index (χ3v) is 0. The molecule has 5 heteroatoms. The minimum absolute atomic E-state index is 0. The van der Waals surface area contributed by atoms with Crippen molar-refractivity contribution in [2.45, 2.75) is 0 Å². The van der Waals surface area contributed by atoms with Crippen LogP contribution in [0.4, 0.5) is 0 Å². The Morgan fingerprint density at radius 1 is 1.40 bits per heavy atom. The summed E-state index contributed by atoms with van der Waals surface area (Å²) in [6, 6.07) is 0. The Bertz CT molecular complexity index is 11.6. The maximum atomic E-state index is 8.52. The van der Waals surface area contributed by atoms with E-state index in [0.717, 1.165) is 0 Å². The molecule has 0 aliphatic rings. The van der Waals surface area contributed by atoms with E-state index < -0.39 is 10.8 Å². The maximum Gasteiger partial charge on any atom is 0.282 e. The molecule has 0 saturated carbocycles. The Kier molecular flexibility index (Phi) is 9.51. The van der Waals surface area contributed by atoms with Gasteiger partial charge in [-0.25, -0.2) is 0 Å². The predicted octanol–water partition coefficient (Wildman–Crippen LogP) is -3.32. The van der Waals surface area contributed by atoms with Gasteiger partial charge >= 0.3 is 0 Å². The van der Waals surface area contributed by atoms with Crippen LogP contribution >= 0.6 is 0 Å². The summed E-state index contributed by atoms with van der Waals surface area (Å²) < 4.78 is 24.0. The van der Waals surface area contributed by atoms with Gasteiger partial charge < -0.3 is 9.32 Å². The van der Waals surface area contributed by atoms with E-state index in [1.165, 1.54) is 0 Å². The van der Waals surface area contributed by atoms with Gasteiger partial charge in [-0.05, 0) is 0 Å². The third kappa shape index (κ3) is 42.5. The molecule has 3 nitrogen and oxygen atoms in total. The van der Waals surface area contributed by atoms with E-state index >= 15 is 0 Å². The second-order valence-corrected chi connectivity index (χ2v) is 0.603. The van der Waals surface area contributed by atoms with Crippen LogP contribution in [0.15, 0.2) is 0 Å². The van der Waals surface area contributed by atoms with Crippen molar-refractivity contribution in [1.82, 2.24) is 0 Å². The van der Waals surface area contributed by atoms with Crippen molar-refractivity contribution in [3.8, 4) is 0 Å². The number of rotatable bonds is 0. The van der Waals surface area contributed by atoms with Crippen LogP contribution < -0.4 is 9.32 Å². The molecule has 1 N–H and O–H groups in total. The first-order chi connectivity index (χ1) is 1.73. The fraction of sp³-hybridized carbons (Fsp3) is 0. The molecule has 0 aromatic carbocycles. The van der Waals surface area contributed by atoms with Crippen molar-refractivity contribution in [3.05, 3.63) is 0 Å². The topological polar surface area (TPSA) is 66.3 Å². The van der Waals surface area contributed by atoms with Crippen LogP contribution in [-0.4, -0.2) is 30.9 Å². The standard InChI is InChI=1S/Bi.ClHO3/c;2-1(3)4/h;2H. The first kappa shape index (κ1) is 9.41. The van der Waals surface area contributed by atoms with Gasteiger partial charge in [-0.15, -0.1) is 0 Å². The van der Waals surface area contributed by atoms with Crippen molar-refractivity contribution in [2.24, 2.45) is 0 Å². The van der Waals surface area contributed by atoms with Gasteiger partial charge in [-0.3, -0.25) is 0 Å². The molecule has 0 aliphatic carbocycles. The van der Waals surface area contributed by atoms with E-state index in [1.54, 1.807) is 0 Å². The molecule has 0 rings (SSSR count). The molecular weight excluding hydrogens is 292 g/mol. The average molecular weight is 293 g/mol. The molecule has 3 radical (unpaired) electrons. The molecule has 0 aliphatic heterocycles. The predicted molar refractivity (Wildman–Crippen MR) is 7.97 cm³/mol. The summed E-state index contributed by atoms with van der Waals surface area (Å²) in [7, 11) is -2.60. The van der Waals surface area contributed by atoms with Crippen molar-refractivity contribution in [2.75, 3.05) is 0 Å². The largest absolute Gasteiger partial charge is 0.321 e. The summed E-state index contributed by atoms with van der Waals surface area (Å²) in [6.45, 7) is 0.